The molecule has 22 atom stereocenters. The number of nitrogens with one attached hydrogen (secondary N) is 2. The molecule has 0 saturated heterocycles. The normalized spacial score (nSPS) is 45.3. The van der Waals surface area contributed by atoms with Crippen LogP contribution in [0.3, 0.4) is 0 Å². The molecule has 0 aliphatic heterocycles. The third-order valence-electron chi connectivity index (χ3n) is 22.4. The summed E-state index contributed by atoms with van der Waals surface area (Å²) in [6.07, 6.45) is 11.0. The Morgan fingerprint density at radius 2 is 0.931 bits per heavy atom. The van der Waals surface area contributed by atoms with Crippen molar-refractivity contribution in [1.29, 1.82) is 0 Å². The number of rotatable bonds is 16. The Labute approximate surface area is 474 Å². The Morgan fingerprint density at radius 3 is 1.28 bits per heavy atom. The Morgan fingerprint density at radius 1 is 0.569 bits per heavy atom. The minimum absolute atomic E-state index is 0. The van der Waals surface area contributed by atoms with Crippen molar-refractivity contribution in [3.8, 4) is 0 Å². The maximum Gasteiger partial charge on any atom is 1.00 e. The number of aliphatic hydroxyl groups excluding tert-OH is 4. The standard InChI is InChI=1S/C52H88N4O12S2.2Na/c1-29(7-13-45(61)53-19-21-69(63,64)65)35-9-11-37-47-39(27-43(59)51(35,37)5)49(3)17-15-33(57)23-31(49)25-41(47)55-56-42-26-32-24-34(58)16-18-50(32,4)40-28-44(60)52(6)36(10-12-38(52)48(40)42)30(2)8-14-46(62)54-20-22-70(66,67)68;;/h29-44,47-48,57-60H,7-28H2,1-6H3,(H,53,61)(H,54,62)(H,63,64,65)(H,66,67,68);;/q;2*+1/p-2/t29?,30?,31?,32?,33?,34?,35?,36?,37?,38?,39?,40?,41?,42?,43?,44?,47?,48?,49-,50-,51+,52+;;/m0../s1. The Kier molecular flexibility index (Phi) is 20.0. The third-order valence-corrected chi connectivity index (χ3v) is 23.8. The van der Waals surface area contributed by atoms with Gasteiger partial charge in [-0.05, 0) is 195 Å². The first kappa shape index (κ1) is 61.4. The van der Waals surface area contributed by atoms with E-state index in [2.05, 4.69) is 52.2 Å². The molecule has 0 spiro atoms. The number of aliphatic hydroxyl groups is 4. The molecule has 8 saturated carbocycles. The number of carbonyl (C=O) groups is 2. The van der Waals surface area contributed by atoms with Crippen molar-refractivity contribution in [2.24, 2.45) is 103 Å². The fraction of sp³-hybridized carbons (Fsp3) is 0.962. The van der Waals surface area contributed by atoms with Gasteiger partial charge in [0.15, 0.2) is 0 Å². The largest absolute Gasteiger partial charge is 1.00 e. The molecule has 2 amide bonds. The van der Waals surface area contributed by atoms with E-state index in [9.17, 15) is 56.0 Å². The predicted molar refractivity (Wildman–Crippen MR) is 260 cm³/mol. The first-order valence-corrected chi connectivity index (χ1v) is 30.4. The summed E-state index contributed by atoms with van der Waals surface area (Å²) in [5.41, 5.74) is -0.987. The molecule has 8 aliphatic rings. The number of hydrogen-bond donors (Lipinski definition) is 6. The molecule has 20 heteroatoms. The Balaban J connectivity index is 0.00000423. The topological polar surface area (TPSA) is 278 Å². The van der Waals surface area contributed by atoms with Crippen molar-refractivity contribution in [2.45, 2.75) is 194 Å². The Bertz CT molecular complexity index is 2030. The van der Waals surface area contributed by atoms with Gasteiger partial charge in [0.05, 0.1) is 68.2 Å². The fourth-order valence-corrected chi connectivity index (χ4v) is 19.3. The van der Waals surface area contributed by atoms with Gasteiger partial charge in [0.1, 0.15) is 0 Å². The quantitative estimate of drug-likeness (QED) is 0.0652. The molecule has 400 valence electrons. The van der Waals surface area contributed by atoms with Crippen molar-refractivity contribution in [2.75, 3.05) is 24.6 Å². The van der Waals surface area contributed by atoms with Crippen molar-refractivity contribution >= 4 is 32.1 Å². The van der Waals surface area contributed by atoms with Crippen LogP contribution in [0.1, 0.15) is 157 Å². The van der Waals surface area contributed by atoms with Gasteiger partial charge in [-0.2, -0.15) is 10.2 Å². The zero-order chi connectivity index (χ0) is 50.9. The second kappa shape index (κ2) is 23.5. The van der Waals surface area contributed by atoms with Crippen LogP contribution in [0.2, 0.25) is 0 Å². The zero-order valence-corrected chi connectivity index (χ0v) is 50.3. The summed E-state index contributed by atoms with van der Waals surface area (Å²) in [4.78, 5) is 25.6. The van der Waals surface area contributed by atoms with E-state index in [0.717, 1.165) is 64.2 Å². The van der Waals surface area contributed by atoms with E-state index in [0.29, 0.717) is 38.5 Å². The van der Waals surface area contributed by atoms with Crippen LogP contribution >= 0.6 is 0 Å². The van der Waals surface area contributed by atoms with E-state index in [1.165, 1.54) is 0 Å². The molecule has 0 heterocycles. The van der Waals surface area contributed by atoms with Crippen LogP contribution in [0.5, 0.6) is 0 Å². The summed E-state index contributed by atoms with van der Waals surface area (Å²) in [5, 5.41) is 63.6. The number of azo groups is 1. The summed E-state index contributed by atoms with van der Waals surface area (Å²) in [5.74, 6) is 0.150. The van der Waals surface area contributed by atoms with E-state index < -0.39 is 54.8 Å². The maximum atomic E-state index is 12.8. The predicted octanol–water partition coefficient (Wildman–Crippen LogP) is -0.460. The van der Waals surface area contributed by atoms with Gasteiger partial charge in [0.25, 0.3) is 0 Å². The second-order valence-electron chi connectivity index (χ2n) is 25.5. The third kappa shape index (κ3) is 12.0. The number of hydrogen-bond acceptors (Lipinski definition) is 14. The van der Waals surface area contributed by atoms with Crippen LogP contribution in [0, 0.1) is 92.7 Å². The molecule has 8 fully saturated rings. The molecule has 0 bridgehead atoms. The smallest absolute Gasteiger partial charge is 0.748 e. The summed E-state index contributed by atoms with van der Waals surface area (Å²) in [7, 11) is -8.87. The van der Waals surface area contributed by atoms with Gasteiger partial charge in [-0.1, -0.05) is 41.5 Å². The molecular formula is C52H86N4Na2O12S2. The van der Waals surface area contributed by atoms with E-state index in [-0.39, 0.29) is 203 Å². The van der Waals surface area contributed by atoms with E-state index in [1.807, 2.05) is 0 Å². The van der Waals surface area contributed by atoms with Gasteiger partial charge < -0.3 is 40.2 Å². The molecule has 8 aliphatic carbocycles. The molecule has 0 radical (unpaired) electrons. The van der Waals surface area contributed by atoms with Crippen LogP contribution in [-0.2, 0) is 29.8 Å². The van der Waals surface area contributed by atoms with Gasteiger partial charge in [-0.15, -0.1) is 0 Å². The molecule has 72 heavy (non-hydrogen) atoms. The van der Waals surface area contributed by atoms with E-state index in [4.69, 9.17) is 10.2 Å². The minimum atomic E-state index is -4.43. The van der Waals surface area contributed by atoms with Gasteiger partial charge in [-0.3, -0.25) is 9.59 Å². The van der Waals surface area contributed by atoms with Crippen molar-refractivity contribution in [3.63, 3.8) is 0 Å². The molecule has 16 nitrogen and oxygen atoms in total. The summed E-state index contributed by atoms with van der Waals surface area (Å²) in [6.45, 7) is 13.2. The first-order chi connectivity index (χ1) is 32.7. The van der Waals surface area contributed by atoms with Crippen molar-refractivity contribution in [3.05, 3.63) is 0 Å². The molecule has 0 aromatic heterocycles. The molecule has 6 N–H and O–H groups in total. The van der Waals surface area contributed by atoms with E-state index >= 15 is 0 Å². The minimum Gasteiger partial charge on any atom is -0.748 e. The van der Waals surface area contributed by atoms with E-state index in [1.54, 1.807) is 0 Å². The van der Waals surface area contributed by atoms with Gasteiger partial charge >= 0.3 is 59.1 Å². The van der Waals surface area contributed by atoms with Crippen LogP contribution in [0.4, 0.5) is 0 Å². The van der Waals surface area contributed by atoms with Crippen LogP contribution in [-0.4, -0.2) is 119 Å². The monoisotopic (exact) mass is 1070 g/mol. The van der Waals surface area contributed by atoms with Gasteiger partial charge in [-0.25, -0.2) is 16.8 Å². The number of fused-ring (bicyclic) bond motifs is 10. The average molecular weight is 1070 g/mol. The second-order valence-corrected chi connectivity index (χ2v) is 28.6. The molecule has 0 aromatic rings. The van der Waals surface area contributed by atoms with Gasteiger partial charge in [0.2, 0.25) is 11.8 Å². The number of carbonyl (C=O) groups excluding carboxylic acids is 2. The molecule has 8 rings (SSSR count). The summed E-state index contributed by atoms with van der Waals surface area (Å²) >= 11 is 0. The maximum absolute atomic E-state index is 12.8. The number of nitrogens with zero attached hydrogens (tertiary/aromatic N) is 2. The number of amides is 2. The fourth-order valence-electron chi connectivity index (χ4n) is 18.6. The van der Waals surface area contributed by atoms with Crippen molar-refractivity contribution < 1.29 is 115 Å². The van der Waals surface area contributed by atoms with Crippen LogP contribution < -0.4 is 69.7 Å². The van der Waals surface area contributed by atoms with Gasteiger partial charge in [0, 0.05) is 25.9 Å². The molecule has 18 unspecified atom stereocenters. The summed E-state index contributed by atoms with van der Waals surface area (Å²) in [6, 6.07) is -0.217. The zero-order valence-electron chi connectivity index (χ0n) is 44.7. The molecule has 0 aromatic carbocycles. The van der Waals surface area contributed by atoms with Crippen LogP contribution in [0.25, 0.3) is 0 Å². The first-order valence-electron chi connectivity index (χ1n) is 27.2. The Hall–Kier alpha value is 0.200. The molecular weight excluding hydrogens is 983 g/mol. The summed E-state index contributed by atoms with van der Waals surface area (Å²) < 4.78 is 66.7. The average Bonchev–Trinajstić information content (AvgIpc) is 3.83. The SMILES string of the molecule is CC(CCC(=O)NCCS(=O)(=O)[O-])C1CCC2C3C(N=NC4CC5CC(O)CC[C@]5(C)C5CC(O)[C@]6(C)C(C(C)CCC(=O)NCCS(=O)(=O)[O-])CCC6C45)CC4CC(O)CC[C@]4(C)C3CC(O)[C@]12C.[Na+].[Na+]. The van der Waals surface area contributed by atoms with Crippen molar-refractivity contribution in [1.82, 2.24) is 10.6 Å². The van der Waals surface area contributed by atoms with Crippen LogP contribution in [0.15, 0.2) is 10.2 Å².